The van der Waals surface area contributed by atoms with Gasteiger partial charge in [-0.2, -0.15) is 0 Å². The van der Waals surface area contributed by atoms with E-state index in [2.05, 4.69) is 23.3 Å². The molecule has 0 heterocycles. The van der Waals surface area contributed by atoms with Crippen molar-refractivity contribution in [3.8, 4) is 0 Å². The first-order valence-corrected chi connectivity index (χ1v) is 2.80. The van der Waals surface area contributed by atoms with Crippen molar-refractivity contribution in [1.82, 2.24) is 0 Å². The van der Waals surface area contributed by atoms with Gasteiger partial charge in [-0.25, -0.2) is 0 Å². The van der Waals surface area contributed by atoms with Crippen LogP contribution in [-0.4, -0.2) is 0 Å². The Morgan fingerprint density at radius 1 is 1.50 bits per heavy atom. The third-order valence-corrected chi connectivity index (χ3v) is 0. The Labute approximate surface area is 40.9 Å². The SMILES string of the molecule is CC.SS.[3H][3H]. The molecule has 0 amide bonds. The fourth-order valence-corrected chi connectivity index (χ4v) is 0. The lowest BCUT2D eigenvalue weighted by molar-refractivity contribution is 1.50. The Morgan fingerprint density at radius 3 is 1.50 bits per heavy atom. The second-order valence-corrected chi connectivity index (χ2v) is 0. The van der Waals surface area contributed by atoms with Crippen LogP contribution in [0.25, 0.3) is 0 Å². The molecule has 0 aromatic rings. The molecule has 0 bridgehead atoms. The largest absolute Gasteiger partial charge is 0.115 e. The molecule has 4 heavy (non-hydrogen) atoms. The smallest absolute Gasteiger partial charge is 0 e. The molecule has 0 radical (unpaired) electrons. The standard InChI is InChI=1S/C2H6.H2S2.H2/c2*1-2;/h1-2H3;1-2H;1H/i;;1+2T. The minimum absolute atomic E-state index is 2.00. The van der Waals surface area contributed by atoms with Crippen LogP contribution >= 0.6 is 23.3 Å². The molecule has 0 aliphatic heterocycles. The van der Waals surface area contributed by atoms with E-state index < -0.39 is 0 Å². The number of thiol groups is 2. The van der Waals surface area contributed by atoms with Crippen LogP contribution in [0.3, 0.4) is 0 Å². The van der Waals surface area contributed by atoms with Gasteiger partial charge in [0.2, 0.25) is 0 Å². The van der Waals surface area contributed by atoms with Crippen molar-refractivity contribution >= 4 is 23.3 Å². The molecule has 0 nitrogen and oxygen atoms in total. The summed E-state index contributed by atoms with van der Waals surface area (Å²) in [7, 11) is 0. The normalized spacial score (nSPS) is 5.00. The quantitative estimate of drug-likeness (QED) is 0.339. The molecule has 0 spiro atoms. The second-order valence-electron chi connectivity index (χ2n) is 0. The first-order valence-electron chi connectivity index (χ1n) is 2.20. The Balaban J connectivity index is -0.0000000225. The topological polar surface area (TPSA) is 0 Å². The van der Waals surface area contributed by atoms with E-state index in [1.807, 2.05) is 13.8 Å². The molecule has 0 aliphatic carbocycles. The van der Waals surface area contributed by atoms with Crippen molar-refractivity contribution in [3.05, 3.63) is 0 Å². The summed E-state index contributed by atoms with van der Waals surface area (Å²) in [6.45, 7) is 4.00. The Hall–Kier alpha value is 0.700. The highest BCUT2D eigenvalue weighted by Crippen LogP contribution is 1.65. The molecular weight excluding hydrogens is 88.2 g/mol. The zero-order valence-electron chi connectivity index (χ0n) is 4.89. The van der Waals surface area contributed by atoms with Crippen molar-refractivity contribution in [1.29, 1.82) is 0 Å². The first-order chi connectivity index (χ1) is 3.00. The monoisotopic (exact) mass is 102 g/mol. The molecule has 0 aromatic carbocycles. The minimum atomic E-state index is 2.00. The van der Waals surface area contributed by atoms with Crippen molar-refractivity contribution < 1.29 is 2.97 Å². The third-order valence-electron chi connectivity index (χ3n) is 0. The highest BCUT2D eigenvalue weighted by atomic mass is 33.1. The number of rotatable bonds is 0. The summed E-state index contributed by atoms with van der Waals surface area (Å²) in [5, 5.41) is 0. The van der Waals surface area contributed by atoms with Crippen LogP contribution in [0.1, 0.15) is 16.8 Å². The molecule has 0 N–H and O–H groups in total. The summed E-state index contributed by atoms with van der Waals surface area (Å²) in [5.41, 5.74) is 0. The lowest BCUT2D eigenvalue weighted by Crippen LogP contribution is -0.856. The van der Waals surface area contributed by atoms with Gasteiger partial charge >= 0.3 is 0 Å². The predicted octanol–water partition coefficient (Wildman–Crippen LogP) is 2.03. The van der Waals surface area contributed by atoms with Crippen LogP contribution in [-0.2, 0) is 0 Å². The van der Waals surface area contributed by atoms with E-state index in [1.54, 1.807) is 0 Å². The van der Waals surface area contributed by atoms with E-state index in [0.717, 1.165) is 0 Å². The van der Waals surface area contributed by atoms with Gasteiger partial charge in [0.25, 0.3) is 0 Å². The maximum absolute atomic E-state index is 5.00. The van der Waals surface area contributed by atoms with Crippen LogP contribution in [0.4, 0.5) is 0 Å². The van der Waals surface area contributed by atoms with Gasteiger partial charge in [-0.1, -0.05) is 13.8 Å². The van der Waals surface area contributed by atoms with Crippen molar-refractivity contribution in [2.75, 3.05) is 0 Å². The molecule has 0 unspecified atom stereocenters. The van der Waals surface area contributed by atoms with E-state index in [1.165, 1.54) is 0 Å². The van der Waals surface area contributed by atoms with Gasteiger partial charge in [-0.05, 0) is 0 Å². The number of hydrogen-bond donors (Lipinski definition) is 2. The molecule has 30 valence electrons. The Morgan fingerprint density at radius 2 is 1.50 bits per heavy atom. The summed E-state index contributed by atoms with van der Waals surface area (Å²) in [6.07, 6.45) is 0. The number of hydrogen-bond acceptors (Lipinski definition) is 2. The molecule has 2 heteroatoms. The summed E-state index contributed by atoms with van der Waals surface area (Å²) in [4.78, 5) is 0. The summed E-state index contributed by atoms with van der Waals surface area (Å²) < 4.78 is 10.0. The van der Waals surface area contributed by atoms with Crippen LogP contribution in [0, 0.1) is 0 Å². The van der Waals surface area contributed by atoms with Gasteiger partial charge in [0, 0.05) is 2.97 Å². The zero-order chi connectivity index (χ0) is 6.00. The van der Waals surface area contributed by atoms with E-state index >= 15 is 0 Å². The van der Waals surface area contributed by atoms with Crippen molar-refractivity contribution in [3.63, 3.8) is 0 Å². The van der Waals surface area contributed by atoms with E-state index in [9.17, 15) is 0 Å². The molecule has 0 saturated heterocycles. The molecule has 0 saturated carbocycles. The van der Waals surface area contributed by atoms with Crippen LogP contribution in [0.15, 0.2) is 0 Å². The van der Waals surface area contributed by atoms with Crippen LogP contribution in [0.2, 0.25) is 0 Å². The maximum atomic E-state index is 5.00. The lowest BCUT2D eigenvalue weighted by atomic mass is 11.0. The summed E-state index contributed by atoms with van der Waals surface area (Å²) >= 11 is 6.44. The van der Waals surface area contributed by atoms with E-state index in [0.29, 0.717) is 0 Å². The minimum Gasteiger partial charge on any atom is -0.115 e. The van der Waals surface area contributed by atoms with Crippen molar-refractivity contribution in [2.24, 2.45) is 0 Å². The van der Waals surface area contributed by atoms with Gasteiger partial charge in [0.1, 0.15) is 0 Å². The van der Waals surface area contributed by atoms with Crippen molar-refractivity contribution in [2.45, 2.75) is 13.8 Å². The molecule has 0 aromatic heterocycles. The zero-order valence-corrected chi connectivity index (χ0v) is 4.68. The Kier molecular flexibility index (Phi) is 64.7. The average molecular weight is 102 g/mol. The second kappa shape index (κ2) is 55.0. The summed E-state index contributed by atoms with van der Waals surface area (Å²) in [5.74, 6) is 0. The van der Waals surface area contributed by atoms with Gasteiger partial charge in [0.05, 0.1) is 0 Å². The Bertz CT molecular complexity index is 9.51. The third kappa shape index (κ3) is 15.9. The maximum Gasteiger partial charge on any atom is 0 e. The van der Waals surface area contributed by atoms with E-state index in [-0.39, 0.29) is 0 Å². The highest BCUT2D eigenvalue weighted by molar-refractivity contribution is 8.59. The lowest BCUT2D eigenvalue weighted by Gasteiger charge is -1.11. The average Bonchev–Trinajstić information content (AvgIpc) is 1.81. The van der Waals surface area contributed by atoms with Gasteiger partial charge in [-0.3, -0.25) is 0 Å². The van der Waals surface area contributed by atoms with Gasteiger partial charge < -0.3 is 0 Å². The van der Waals surface area contributed by atoms with Crippen LogP contribution < -0.4 is 0 Å². The molecule has 0 rings (SSSR count). The van der Waals surface area contributed by atoms with Gasteiger partial charge in [-0.15, -0.1) is 23.3 Å². The predicted molar refractivity (Wildman–Crippen MR) is 31.4 cm³/mol. The highest BCUT2D eigenvalue weighted by Gasteiger charge is 0.932. The molecule has 0 fully saturated rings. The fraction of sp³-hybridized carbons (Fsp3) is 1.00. The van der Waals surface area contributed by atoms with E-state index in [4.69, 9.17) is 2.97 Å². The fourth-order valence-electron chi connectivity index (χ4n) is 0. The molecule has 0 atom stereocenters. The summed E-state index contributed by atoms with van der Waals surface area (Å²) in [6, 6.07) is 0. The first kappa shape index (κ1) is 4.70. The molecule has 0 aliphatic rings. The van der Waals surface area contributed by atoms with Crippen LogP contribution in [0.5, 0.6) is 0 Å². The van der Waals surface area contributed by atoms with Gasteiger partial charge in [0.15, 0.2) is 0 Å². The molecular formula is C2H10S2.